The summed E-state index contributed by atoms with van der Waals surface area (Å²) in [5, 5.41) is 1.99. The lowest BCUT2D eigenvalue weighted by molar-refractivity contribution is 0.319. The summed E-state index contributed by atoms with van der Waals surface area (Å²) in [5.74, 6) is 0.995. The molecule has 0 bridgehead atoms. The molecule has 3 rings (SSSR count). The molecule has 0 aliphatic carbocycles. The molecule has 0 aromatic carbocycles. The van der Waals surface area contributed by atoms with E-state index >= 15 is 0 Å². The Kier molecular flexibility index (Phi) is 3.41. The van der Waals surface area contributed by atoms with Gasteiger partial charge in [-0.3, -0.25) is 5.73 Å². The Labute approximate surface area is 119 Å². The SMILES string of the molecule is NCOc1nc(-c2cccs2)cc(-c2ccco2)c1N. The van der Waals surface area contributed by atoms with E-state index in [9.17, 15) is 0 Å². The van der Waals surface area contributed by atoms with Gasteiger partial charge in [0.2, 0.25) is 5.88 Å². The van der Waals surface area contributed by atoms with Crippen LogP contribution in [0.25, 0.3) is 21.9 Å². The summed E-state index contributed by atoms with van der Waals surface area (Å²) in [4.78, 5) is 5.44. The van der Waals surface area contributed by atoms with Gasteiger partial charge in [-0.05, 0) is 29.6 Å². The number of nitrogens with two attached hydrogens (primary N) is 2. The zero-order chi connectivity index (χ0) is 13.9. The van der Waals surface area contributed by atoms with Crippen LogP contribution in [0.2, 0.25) is 0 Å². The lowest BCUT2D eigenvalue weighted by Gasteiger charge is -2.11. The minimum atomic E-state index is 0.0166. The Hall–Kier alpha value is -2.31. The third-order valence-electron chi connectivity index (χ3n) is 2.80. The predicted octanol–water partition coefficient (Wildman–Crippen LogP) is 2.95. The highest BCUT2D eigenvalue weighted by Gasteiger charge is 2.15. The number of nitrogens with zero attached hydrogens (tertiary/aromatic N) is 1. The number of rotatable bonds is 4. The van der Waals surface area contributed by atoms with Crippen LogP contribution in [0.15, 0.2) is 46.4 Å². The second-order valence-corrected chi connectivity index (χ2v) is 4.99. The summed E-state index contributed by atoms with van der Waals surface area (Å²) in [5.41, 5.74) is 13.5. The molecule has 3 aromatic heterocycles. The number of hydrogen-bond donors (Lipinski definition) is 2. The Morgan fingerprint density at radius 1 is 1.30 bits per heavy atom. The van der Waals surface area contributed by atoms with Crippen LogP contribution in [0.1, 0.15) is 0 Å². The van der Waals surface area contributed by atoms with E-state index in [1.165, 1.54) is 0 Å². The van der Waals surface area contributed by atoms with Gasteiger partial charge in [-0.25, -0.2) is 4.98 Å². The summed E-state index contributed by atoms with van der Waals surface area (Å²) in [7, 11) is 0. The van der Waals surface area contributed by atoms with E-state index in [0.717, 1.165) is 16.1 Å². The molecular weight excluding hydrogens is 274 g/mol. The van der Waals surface area contributed by atoms with Gasteiger partial charge in [-0.1, -0.05) is 6.07 Å². The molecule has 4 N–H and O–H groups in total. The number of thiophene rings is 1. The molecule has 0 saturated carbocycles. The monoisotopic (exact) mass is 287 g/mol. The lowest BCUT2D eigenvalue weighted by atomic mass is 10.1. The van der Waals surface area contributed by atoms with Crippen molar-refractivity contribution in [2.45, 2.75) is 0 Å². The van der Waals surface area contributed by atoms with Crippen molar-refractivity contribution in [2.75, 3.05) is 12.5 Å². The number of pyridine rings is 1. The molecule has 6 heteroatoms. The van der Waals surface area contributed by atoms with Gasteiger partial charge in [0.15, 0.2) is 0 Å². The molecule has 0 fully saturated rings. The third-order valence-corrected chi connectivity index (χ3v) is 3.70. The minimum absolute atomic E-state index is 0.0166. The van der Waals surface area contributed by atoms with Crippen molar-refractivity contribution in [3.63, 3.8) is 0 Å². The smallest absolute Gasteiger partial charge is 0.239 e. The fourth-order valence-electron chi connectivity index (χ4n) is 1.91. The molecule has 0 aliphatic heterocycles. The molecule has 3 heterocycles. The fraction of sp³-hybridized carbons (Fsp3) is 0.0714. The normalized spacial score (nSPS) is 10.7. The fourth-order valence-corrected chi connectivity index (χ4v) is 2.59. The molecular formula is C14H13N3O2S. The Bertz CT molecular complexity index is 694. The largest absolute Gasteiger partial charge is 0.464 e. The van der Waals surface area contributed by atoms with Crippen LogP contribution < -0.4 is 16.2 Å². The van der Waals surface area contributed by atoms with Gasteiger partial charge in [-0.15, -0.1) is 11.3 Å². The van der Waals surface area contributed by atoms with Crippen LogP contribution in [-0.2, 0) is 0 Å². The van der Waals surface area contributed by atoms with Crippen LogP contribution in [0.4, 0.5) is 5.69 Å². The lowest BCUT2D eigenvalue weighted by Crippen LogP contribution is -2.10. The van der Waals surface area contributed by atoms with Crippen LogP contribution in [0, 0.1) is 0 Å². The molecule has 0 unspecified atom stereocenters. The number of anilines is 1. The van der Waals surface area contributed by atoms with Gasteiger partial charge in [0.1, 0.15) is 18.2 Å². The maximum atomic E-state index is 6.08. The van der Waals surface area contributed by atoms with Crippen molar-refractivity contribution in [1.82, 2.24) is 4.98 Å². The second kappa shape index (κ2) is 5.36. The van der Waals surface area contributed by atoms with Gasteiger partial charge in [0, 0.05) is 5.56 Å². The van der Waals surface area contributed by atoms with Crippen molar-refractivity contribution in [3.8, 4) is 27.8 Å². The molecule has 0 saturated heterocycles. The first-order chi connectivity index (χ1) is 9.79. The van der Waals surface area contributed by atoms with E-state index in [1.807, 2.05) is 35.7 Å². The Balaban J connectivity index is 2.18. The first kappa shape index (κ1) is 12.7. The van der Waals surface area contributed by atoms with E-state index in [1.54, 1.807) is 17.6 Å². The maximum Gasteiger partial charge on any atom is 0.239 e. The maximum absolute atomic E-state index is 6.08. The number of aromatic nitrogens is 1. The molecule has 0 atom stereocenters. The summed E-state index contributed by atoms with van der Waals surface area (Å²) in [6.07, 6.45) is 1.60. The van der Waals surface area contributed by atoms with Gasteiger partial charge in [0.05, 0.1) is 16.8 Å². The Morgan fingerprint density at radius 2 is 2.20 bits per heavy atom. The van der Waals surface area contributed by atoms with Crippen LogP contribution in [0.5, 0.6) is 5.88 Å². The van der Waals surface area contributed by atoms with E-state index in [0.29, 0.717) is 17.3 Å². The Morgan fingerprint density at radius 3 is 2.85 bits per heavy atom. The highest BCUT2D eigenvalue weighted by atomic mass is 32.1. The second-order valence-electron chi connectivity index (χ2n) is 4.04. The highest BCUT2D eigenvalue weighted by molar-refractivity contribution is 7.13. The van der Waals surface area contributed by atoms with Gasteiger partial charge in [0.25, 0.3) is 0 Å². The number of nitrogen functional groups attached to an aromatic ring is 1. The number of furan rings is 1. The molecule has 0 amide bonds. The molecule has 5 nitrogen and oxygen atoms in total. The molecule has 20 heavy (non-hydrogen) atoms. The van der Waals surface area contributed by atoms with Crippen molar-refractivity contribution < 1.29 is 9.15 Å². The van der Waals surface area contributed by atoms with Crippen LogP contribution in [0.3, 0.4) is 0 Å². The van der Waals surface area contributed by atoms with Gasteiger partial charge in [-0.2, -0.15) is 0 Å². The average Bonchev–Trinajstić information content (AvgIpc) is 3.14. The quantitative estimate of drug-likeness (QED) is 0.720. The van der Waals surface area contributed by atoms with E-state index < -0.39 is 0 Å². The standard InChI is InChI=1S/C14H13N3O2S/c15-8-19-14-13(16)9(11-3-1-5-18-11)7-10(17-14)12-4-2-6-20-12/h1-7H,8,15-16H2. The summed E-state index contributed by atoms with van der Waals surface area (Å²) >= 11 is 1.59. The van der Waals surface area contributed by atoms with Crippen LogP contribution in [-0.4, -0.2) is 11.7 Å². The molecule has 0 spiro atoms. The minimum Gasteiger partial charge on any atom is -0.464 e. The zero-order valence-corrected chi connectivity index (χ0v) is 11.4. The van der Waals surface area contributed by atoms with E-state index in [4.69, 9.17) is 20.6 Å². The topological polar surface area (TPSA) is 87.3 Å². The van der Waals surface area contributed by atoms with Crippen molar-refractivity contribution in [1.29, 1.82) is 0 Å². The third kappa shape index (κ3) is 2.26. The zero-order valence-electron chi connectivity index (χ0n) is 10.6. The van der Waals surface area contributed by atoms with Gasteiger partial charge >= 0.3 is 0 Å². The molecule has 0 aliphatic rings. The van der Waals surface area contributed by atoms with Gasteiger partial charge < -0.3 is 14.9 Å². The van der Waals surface area contributed by atoms with Crippen molar-refractivity contribution in [2.24, 2.45) is 5.73 Å². The number of ether oxygens (including phenoxy) is 1. The summed E-state index contributed by atoms with van der Waals surface area (Å²) < 4.78 is 10.7. The number of hydrogen-bond acceptors (Lipinski definition) is 6. The first-order valence-electron chi connectivity index (χ1n) is 6.00. The molecule has 102 valence electrons. The van der Waals surface area contributed by atoms with Crippen LogP contribution >= 0.6 is 11.3 Å². The first-order valence-corrected chi connectivity index (χ1v) is 6.88. The summed E-state index contributed by atoms with van der Waals surface area (Å²) in [6, 6.07) is 9.50. The van der Waals surface area contributed by atoms with Crippen molar-refractivity contribution in [3.05, 3.63) is 42.0 Å². The van der Waals surface area contributed by atoms with E-state index in [-0.39, 0.29) is 6.73 Å². The van der Waals surface area contributed by atoms with E-state index in [2.05, 4.69) is 4.98 Å². The predicted molar refractivity (Wildman–Crippen MR) is 79.3 cm³/mol. The highest BCUT2D eigenvalue weighted by Crippen LogP contribution is 2.36. The van der Waals surface area contributed by atoms with Crippen molar-refractivity contribution >= 4 is 17.0 Å². The molecule has 3 aromatic rings. The average molecular weight is 287 g/mol. The molecule has 0 radical (unpaired) electrons. The summed E-state index contributed by atoms with van der Waals surface area (Å²) in [6.45, 7) is 0.0166.